The van der Waals surface area contributed by atoms with E-state index in [9.17, 15) is 4.21 Å². The Kier molecular flexibility index (Phi) is 3.29. The van der Waals surface area contributed by atoms with E-state index in [2.05, 4.69) is 11.9 Å². The van der Waals surface area contributed by atoms with Gasteiger partial charge < -0.3 is 4.57 Å². The molecule has 1 heterocycles. The van der Waals surface area contributed by atoms with E-state index in [0.717, 1.165) is 18.8 Å². The molecule has 0 aliphatic carbocycles. The van der Waals surface area contributed by atoms with Crippen LogP contribution in [-0.4, -0.2) is 13.8 Å². The Hall–Kier alpha value is -0.350. The lowest BCUT2D eigenvalue weighted by atomic mass is 10.5. The highest BCUT2D eigenvalue weighted by atomic mass is 35.7. The van der Waals surface area contributed by atoms with Gasteiger partial charge in [0.25, 0.3) is 0 Å². The second-order valence-corrected chi connectivity index (χ2v) is 4.25. The molecule has 0 radical (unpaired) electrons. The van der Waals surface area contributed by atoms with Crippen LogP contribution in [-0.2, 0) is 16.6 Å². The third-order valence-corrected chi connectivity index (χ3v) is 2.58. The fraction of sp³-hybridized carbons (Fsp3) is 0.571. The van der Waals surface area contributed by atoms with Crippen LogP contribution >= 0.6 is 10.7 Å². The molecular formula is C7H11ClN2OS. The van der Waals surface area contributed by atoms with Gasteiger partial charge in [0.2, 0.25) is 0 Å². The minimum atomic E-state index is -1.48. The lowest BCUT2D eigenvalue weighted by molar-refractivity contribution is 0.657. The summed E-state index contributed by atoms with van der Waals surface area (Å²) in [6.45, 7) is 4.85. The fourth-order valence-electron chi connectivity index (χ4n) is 1.02. The molecule has 1 rings (SSSR count). The van der Waals surface area contributed by atoms with Crippen LogP contribution in [0.3, 0.4) is 0 Å². The van der Waals surface area contributed by atoms with Crippen molar-refractivity contribution < 1.29 is 4.21 Å². The smallest absolute Gasteiger partial charge is 0.168 e. The first kappa shape index (κ1) is 9.74. The molecule has 0 aliphatic heterocycles. The van der Waals surface area contributed by atoms with E-state index in [4.69, 9.17) is 10.7 Å². The minimum Gasteiger partial charge on any atom is -0.334 e. The van der Waals surface area contributed by atoms with Crippen molar-refractivity contribution in [1.82, 2.24) is 9.55 Å². The van der Waals surface area contributed by atoms with E-state index in [1.807, 2.05) is 11.5 Å². The zero-order valence-corrected chi connectivity index (χ0v) is 8.65. The lowest BCUT2D eigenvalue weighted by Gasteiger charge is -1.99. The number of imidazole rings is 1. The largest absolute Gasteiger partial charge is 0.334 e. The van der Waals surface area contributed by atoms with Crippen LogP contribution in [0.1, 0.15) is 19.2 Å². The number of halogens is 1. The Morgan fingerprint density at radius 1 is 1.75 bits per heavy atom. The first-order chi connectivity index (χ1) is 5.65. The van der Waals surface area contributed by atoms with E-state index in [-0.39, 0.29) is 0 Å². The summed E-state index contributed by atoms with van der Waals surface area (Å²) in [5.74, 6) is 0.862. The summed E-state index contributed by atoms with van der Waals surface area (Å²) >= 11 is 0. The molecule has 12 heavy (non-hydrogen) atoms. The van der Waals surface area contributed by atoms with E-state index < -0.39 is 10.0 Å². The van der Waals surface area contributed by atoms with Crippen molar-refractivity contribution in [1.29, 1.82) is 0 Å². The van der Waals surface area contributed by atoms with Crippen molar-refractivity contribution in [2.45, 2.75) is 31.8 Å². The normalized spacial score (nSPS) is 13.2. The summed E-state index contributed by atoms with van der Waals surface area (Å²) in [7, 11) is 3.90. The van der Waals surface area contributed by atoms with Gasteiger partial charge in [-0.15, -0.1) is 0 Å². The lowest BCUT2D eigenvalue weighted by Crippen LogP contribution is -1.96. The van der Waals surface area contributed by atoms with E-state index >= 15 is 0 Å². The van der Waals surface area contributed by atoms with Crippen molar-refractivity contribution in [3.05, 3.63) is 12.0 Å². The van der Waals surface area contributed by atoms with Crippen molar-refractivity contribution >= 4 is 20.7 Å². The zero-order valence-electron chi connectivity index (χ0n) is 7.08. The van der Waals surface area contributed by atoms with E-state index in [0.29, 0.717) is 5.03 Å². The summed E-state index contributed by atoms with van der Waals surface area (Å²) in [4.78, 5) is 4.06. The van der Waals surface area contributed by atoms with E-state index in [1.165, 1.54) is 0 Å². The predicted molar refractivity (Wildman–Crippen MR) is 49.5 cm³/mol. The van der Waals surface area contributed by atoms with Gasteiger partial charge in [-0.25, -0.2) is 9.19 Å². The molecule has 0 saturated heterocycles. The highest BCUT2D eigenvalue weighted by Crippen LogP contribution is 2.10. The predicted octanol–water partition coefficient (Wildman–Crippen LogP) is 1.86. The van der Waals surface area contributed by atoms with Gasteiger partial charge in [0, 0.05) is 12.7 Å². The van der Waals surface area contributed by atoms with Crippen molar-refractivity contribution in [2.75, 3.05) is 0 Å². The van der Waals surface area contributed by atoms with Crippen LogP contribution in [0.15, 0.2) is 11.2 Å². The molecular weight excluding hydrogens is 196 g/mol. The molecule has 0 amide bonds. The summed E-state index contributed by atoms with van der Waals surface area (Å²) in [5.41, 5.74) is 0. The van der Waals surface area contributed by atoms with Crippen LogP contribution < -0.4 is 0 Å². The Labute approximate surface area is 78.7 Å². The molecule has 0 saturated carbocycles. The first-order valence-corrected chi connectivity index (χ1v) is 5.74. The monoisotopic (exact) mass is 206 g/mol. The van der Waals surface area contributed by atoms with Gasteiger partial charge >= 0.3 is 0 Å². The van der Waals surface area contributed by atoms with Crippen LogP contribution in [0.5, 0.6) is 0 Å². The third-order valence-electron chi connectivity index (χ3n) is 1.58. The Morgan fingerprint density at radius 2 is 2.42 bits per heavy atom. The number of hydrogen-bond acceptors (Lipinski definition) is 2. The molecule has 3 nitrogen and oxygen atoms in total. The maximum atomic E-state index is 10.8. The zero-order chi connectivity index (χ0) is 9.14. The fourth-order valence-corrected chi connectivity index (χ4v) is 1.66. The molecule has 0 fully saturated rings. The van der Waals surface area contributed by atoms with Crippen LogP contribution in [0.2, 0.25) is 0 Å². The highest BCUT2D eigenvalue weighted by molar-refractivity contribution is 8.08. The second kappa shape index (κ2) is 4.05. The van der Waals surface area contributed by atoms with Gasteiger partial charge in [-0.1, -0.05) is 6.92 Å². The Balaban J connectivity index is 2.92. The Bertz CT molecular complexity index is 298. The average Bonchev–Trinajstić information content (AvgIpc) is 2.34. The first-order valence-electron chi connectivity index (χ1n) is 3.77. The molecule has 0 spiro atoms. The number of rotatable bonds is 3. The standard InChI is InChI=1S/C7H11ClN2OS/c1-3-4-10-5-7(12(8)11)9-6(10)2/h5H,3-4H2,1-2H3. The molecule has 0 bridgehead atoms. The molecule has 0 N–H and O–H groups in total. The van der Waals surface area contributed by atoms with Gasteiger partial charge in [0.1, 0.15) is 5.82 Å². The number of aryl methyl sites for hydroxylation is 2. The number of nitrogens with zero attached hydrogens (tertiary/aromatic N) is 2. The van der Waals surface area contributed by atoms with Crippen molar-refractivity contribution in [3.63, 3.8) is 0 Å². The number of hydrogen-bond donors (Lipinski definition) is 0. The molecule has 0 aliphatic rings. The van der Waals surface area contributed by atoms with Crippen molar-refractivity contribution in [3.8, 4) is 0 Å². The topological polar surface area (TPSA) is 34.9 Å². The van der Waals surface area contributed by atoms with Gasteiger partial charge in [-0.05, 0) is 24.0 Å². The highest BCUT2D eigenvalue weighted by Gasteiger charge is 2.07. The molecule has 1 atom stereocenters. The molecule has 1 aromatic heterocycles. The van der Waals surface area contributed by atoms with Gasteiger partial charge in [-0.2, -0.15) is 0 Å². The summed E-state index contributed by atoms with van der Waals surface area (Å²) in [6.07, 6.45) is 2.77. The molecule has 68 valence electrons. The van der Waals surface area contributed by atoms with Gasteiger partial charge in [0.05, 0.1) is 0 Å². The third kappa shape index (κ3) is 2.08. The minimum absolute atomic E-state index is 0.447. The molecule has 5 heteroatoms. The molecule has 1 unspecified atom stereocenters. The molecule has 0 aromatic carbocycles. The number of aromatic nitrogens is 2. The SMILES string of the molecule is CCCn1cc(S(=O)Cl)nc1C. The van der Waals surface area contributed by atoms with E-state index in [1.54, 1.807) is 6.20 Å². The van der Waals surface area contributed by atoms with Crippen LogP contribution in [0.25, 0.3) is 0 Å². The maximum Gasteiger partial charge on any atom is 0.168 e. The van der Waals surface area contributed by atoms with Gasteiger partial charge in [0.15, 0.2) is 15.0 Å². The Morgan fingerprint density at radius 3 is 2.83 bits per heavy atom. The summed E-state index contributed by atoms with van der Waals surface area (Å²) in [6, 6.07) is 0. The molecule has 1 aromatic rings. The summed E-state index contributed by atoms with van der Waals surface area (Å²) < 4.78 is 12.8. The average molecular weight is 207 g/mol. The summed E-state index contributed by atoms with van der Waals surface area (Å²) in [5, 5.41) is 0.447. The van der Waals surface area contributed by atoms with Crippen LogP contribution in [0.4, 0.5) is 0 Å². The quantitative estimate of drug-likeness (QED) is 0.708. The second-order valence-electron chi connectivity index (χ2n) is 2.54. The van der Waals surface area contributed by atoms with Crippen molar-refractivity contribution in [2.24, 2.45) is 0 Å². The van der Waals surface area contributed by atoms with Crippen LogP contribution in [0, 0.1) is 6.92 Å². The van der Waals surface area contributed by atoms with Gasteiger partial charge in [-0.3, -0.25) is 0 Å². The maximum absolute atomic E-state index is 10.8.